The molecule has 3 heterocycles. The van der Waals surface area contributed by atoms with Crippen LogP contribution in [0.3, 0.4) is 0 Å². The first-order valence-corrected chi connectivity index (χ1v) is 8.60. The van der Waals surface area contributed by atoms with Crippen LogP contribution in [0, 0.1) is 0 Å². The van der Waals surface area contributed by atoms with E-state index in [1.54, 1.807) is 11.3 Å². The maximum Gasteiger partial charge on any atom is 0.320 e. The third kappa shape index (κ3) is 2.91. The van der Waals surface area contributed by atoms with E-state index in [9.17, 15) is 9.90 Å². The highest BCUT2D eigenvalue weighted by molar-refractivity contribution is 7.08. The molecule has 116 valence electrons. The number of rotatable bonds is 5. The fourth-order valence-corrected chi connectivity index (χ4v) is 3.81. The van der Waals surface area contributed by atoms with Crippen LogP contribution in [0.25, 0.3) is 0 Å². The molecule has 22 heavy (non-hydrogen) atoms. The van der Waals surface area contributed by atoms with Gasteiger partial charge in [-0.25, -0.2) is 0 Å². The summed E-state index contributed by atoms with van der Waals surface area (Å²) < 4.78 is 0. The molecule has 0 saturated carbocycles. The van der Waals surface area contributed by atoms with Gasteiger partial charge < -0.3 is 5.11 Å². The summed E-state index contributed by atoms with van der Waals surface area (Å²) in [5.41, 5.74) is 3.27. The lowest BCUT2D eigenvalue weighted by atomic mass is 10.0. The first-order valence-electron chi connectivity index (χ1n) is 7.66. The van der Waals surface area contributed by atoms with Gasteiger partial charge in [0.05, 0.1) is 11.7 Å². The Morgan fingerprint density at radius 1 is 1.50 bits per heavy atom. The van der Waals surface area contributed by atoms with Gasteiger partial charge in [0.2, 0.25) is 0 Å². The molecule has 0 spiro atoms. The lowest BCUT2D eigenvalue weighted by molar-refractivity contribution is -0.142. The van der Waals surface area contributed by atoms with Crippen LogP contribution < -0.4 is 0 Å². The van der Waals surface area contributed by atoms with Crippen LogP contribution in [0.5, 0.6) is 0 Å². The Kier molecular flexibility index (Phi) is 4.55. The second kappa shape index (κ2) is 6.58. The molecule has 2 atom stereocenters. The molecule has 4 nitrogen and oxygen atoms in total. The van der Waals surface area contributed by atoms with E-state index in [4.69, 9.17) is 0 Å². The zero-order valence-electron chi connectivity index (χ0n) is 12.6. The highest BCUT2D eigenvalue weighted by atomic mass is 32.1. The van der Waals surface area contributed by atoms with Crippen molar-refractivity contribution in [1.29, 1.82) is 0 Å². The van der Waals surface area contributed by atoms with E-state index in [-0.39, 0.29) is 6.04 Å². The van der Waals surface area contributed by atoms with Gasteiger partial charge in [0.15, 0.2) is 0 Å². The molecule has 2 aromatic heterocycles. The zero-order chi connectivity index (χ0) is 15.5. The molecule has 3 rings (SSSR count). The normalized spacial score (nSPS) is 20.1. The summed E-state index contributed by atoms with van der Waals surface area (Å²) in [6.45, 7) is 2.91. The number of likely N-dealkylation sites (tertiary alicyclic amines) is 1. The summed E-state index contributed by atoms with van der Waals surface area (Å²) in [4.78, 5) is 18.3. The van der Waals surface area contributed by atoms with Crippen molar-refractivity contribution in [3.63, 3.8) is 0 Å². The monoisotopic (exact) mass is 316 g/mol. The number of aliphatic carboxylic acids is 1. The van der Waals surface area contributed by atoms with Gasteiger partial charge in [-0.05, 0) is 53.3 Å². The quantitative estimate of drug-likeness (QED) is 0.919. The van der Waals surface area contributed by atoms with Gasteiger partial charge in [-0.2, -0.15) is 11.3 Å². The van der Waals surface area contributed by atoms with E-state index in [1.807, 2.05) is 17.6 Å². The van der Waals surface area contributed by atoms with Crippen LogP contribution in [0.1, 0.15) is 42.6 Å². The van der Waals surface area contributed by atoms with Crippen LogP contribution in [0.2, 0.25) is 0 Å². The molecule has 1 aliphatic heterocycles. The van der Waals surface area contributed by atoms with Crippen molar-refractivity contribution in [1.82, 2.24) is 9.88 Å². The molecule has 1 fully saturated rings. The molecule has 0 aromatic carbocycles. The SMILES string of the molecule is CCc1ccc(C(c2ccsc2)N2CCCC2C(=O)O)nc1. The van der Waals surface area contributed by atoms with E-state index in [0.29, 0.717) is 6.42 Å². The van der Waals surface area contributed by atoms with Gasteiger partial charge in [0.1, 0.15) is 6.04 Å². The topological polar surface area (TPSA) is 53.4 Å². The smallest absolute Gasteiger partial charge is 0.320 e. The van der Waals surface area contributed by atoms with Crippen LogP contribution in [-0.2, 0) is 11.2 Å². The number of carboxylic acids is 1. The van der Waals surface area contributed by atoms with Crippen molar-refractivity contribution in [3.05, 3.63) is 52.0 Å². The standard InChI is InChI=1S/C17H20N2O2S/c1-2-12-5-6-14(18-10-12)16(13-7-9-22-11-13)19-8-3-4-15(19)17(20)21/h5-7,9-11,15-16H,2-4,8H2,1H3,(H,20,21). The van der Waals surface area contributed by atoms with Crippen LogP contribution in [0.4, 0.5) is 0 Å². The fraction of sp³-hybridized carbons (Fsp3) is 0.412. The highest BCUT2D eigenvalue weighted by Crippen LogP contribution is 2.35. The molecule has 0 radical (unpaired) electrons. The fourth-order valence-electron chi connectivity index (χ4n) is 3.13. The summed E-state index contributed by atoms with van der Waals surface area (Å²) >= 11 is 1.64. The Bertz CT molecular complexity index is 625. The molecular formula is C17H20N2O2S. The molecule has 0 aliphatic carbocycles. The number of hydrogen-bond donors (Lipinski definition) is 1. The van der Waals surface area contributed by atoms with E-state index >= 15 is 0 Å². The number of pyridine rings is 1. The number of carboxylic acid groups (broad SMARTS) is 1. The minimum Gasteiger partial charge on any atom is -0.480 e. The summed E-state index contributed by atoms with van der Waals surface area (Å²) in [6.07, 6.45) is 4.49. The highest BCUT2D eigenvalue weighted by Gasteiger charge is 2.37. The maximum atomic E-state index is 11.6. The van der Waals surface area contributed by atoms with Crippen LogP contribution >= 0.6 is 11.3 Å². The third-order valence-electron chi connectivity index (χ3n) is 4.31. The van der Waals surface area contributed by atoms with Gasteiger partial charge >= 0.3 is 5.97 Å². The largest absolute Gasteiger partial charge is 0.480 e. The maximum absolute atomic E-state index is 11.6. The Morgan fingerprint density at radius 3 is 2.95 bits per heavy atom. The second-order valence-corrected chi connectivity index (χ2v) is 6.42. The lowest BCUT2D eigenvalue weighted by Gasteiger charge is -2.30. The first-order chi connectivity index (χ1) is 10.7. The van der Waals surface area contributed by atoms with Crippen molar-refractivity contribution in [3.8, 4) is 0 Å². The van der Waals surface area contributed by atoms with Crippen molar-refractivity contribution < 1.29 is 9.90 Å². The number of hydrogen-bond acceptors (Lipinski definition) is 4. The predicted octanol–water partition coefficient (Wildman–Crippen LogP) is 3.34. The molecular weight excluding hydrogens is 296 g/mol. The first kappa shape index (κ1) is 15.2. The number of aromatic nitrogens is 1. The minimum atomic E-state index is -0.733. The third-order valence-corrected chi connectivity index (χ3v) is 5.01. The molecule has 2 aromatic rings. The lowest BCUT2D eigenvalue weighted by Crippen LogP contribution is -2.39. The van der Waals surface area contributed by atoms with Crippen LogP contribution in [0.15, 0.2) is 35.2 Å². The van der Waals surface area contributed by atoms with Crippen molar-refractivity contribution in [2.75, 3.05) is 6.54 Å². The Morgan fingerprint density at radius 2 is 2.36 bits per heavy atom. The Balaban J connectivity index is 1.98. The average Bonchev–Trinajstić information content (AvgIpc) is 3.20. The summed E-state index contributed by atoms with van der Waals surface area (Å²) in [5.74, 6) is -0.733. The number of carbonyl (C=O) groups is 1. The second-order valence-electron chi connectivity index (χ2n) is 5.64. The number of thiophene rings is 1. The molecule has 0 amide bonds. The van der Waals surface area contributed by atoms with Gasteiger partial charge in [-0.3, -0.25) is 14.7 Å². The molecule has 5 heteroatoms. The van der Waals surface area contributed by atoms with Crippen molar-refractivity contribution in [2.24, 2.45) is 0 Å². The zero-order valence-corrected chi connectivity index (χ0v) is 13.4. The molecule has 2 unspecified atom stereocenters. The van der Waals surface area contributed by atoms with Crippen LogP contribution in [-0.4, -0.2) is 33.5 Å². The van der Waals surface area contributed by atoms with Gasteiger partial charge in [0.25, 0.3) is 0 Å². The van der Waals surface area contributed by atoms with E-state index in [0.717, 1.165) is 30.6 Å². The number of nitrogens with zero attached hydrogens (tertiary/aromatic N) is 2. The van der Waals surface area contributed by atoms with Crippen molar-refractivity contribution >= 4 is 17.3 Å². The van der Waals surface area contributed by atoms with Gasteiger partial charge in [0, 0.05) is 12.7 Å². The van der Waals surface area contributed by atoms with Crippen molar-refractivity contribution in [2.45, 2.75) is 38.3 Å². The van der Waals surface area contributed by atoms with E-state index in [1.165, 1.54) is 5.56 Å². The minimum absolute atomic E-state index is 0.0687. The molecule has 0 bridgehead atoms. The van der Waals surface area contributed by atoms with E-state index < -0.39 is 12.0 Å². The summed E-state index contributed by atoms with van der Waals surface area (Å²) in [5, 5.41) is 13.6. The Labute approximate surface area is 134 Å². The summed E-state index contributed by atoms with van der Waals surface area (Å²) in [6, 6.07) is 5.71. The average molecular weight is 316 g/mol. The van der Waals surface area contributed by atoms with E-state index in [2.05, 4.69) is 34.3 Å². The molecule has 1 aliphatic rings. The number of aryl methyl sites for hydroxylation is 1. The predicted molar refractivity (Wildman–Crippen MR) is 87.1 cm³/mol. The van der Waals surface area contributed by atoms with Gasteiger partial charge in [-0.1, -0.05) is 13.0 Å². The molecule has 1 N–H and O–H groups in total. The Hall–Kier alpha value is -1.72. The van der Waals surface area contributed by atoms with Gasteiger partial charge in [-0.15, -0.1) is 0 Å². The summed E-state index contributed by atoms with van der Waals surface area (Å²) in [7, 11) is 0. The molecule has 1 saturated heterocycles.